The molecule has 1 aromatic rings. The van der Waals surface area contributed by atoms with E-state index in [2.05, 4.69) is 20.6 Å². The molecule has 1 amide bonds. The van der Waals surface area contributed by atoms with Gasteiger partial charge in [0.05, 0.1) is 11.9 Å². The SMILES string of the molecule is Nc1cnc(Cl)nc1NC1CCCNC1=O. The van der Waals surface area contributed by atoms with Crippen LogP contribution in [0.3, 0.4) is 0 Å². The minimum Gasteiger partial charge on any atom is -0.394 e. The zero-order chi connectivity index (χ0) is 11.5. The fourth-order valence-corrected chi connectivity index (χ4v) is 1.69. The highest BCUT2D eigenvalue weighted by atomic mass is 35.5. The van der Waals surface area contributed by atoms with E-state index in [-0.39, 0.29) is 17.2 Å². The lowest BCUT2D eigenvalue weighted by Crippen LogP contribution is -2.44. The highest BCUT2D eigenvalue weighted by Gasteiger charge is 2.22. The predicted octanol–water partition coefficient (Wildman–Crippen LogP) is 0.403. The second-order valence-corrected chi connectivity index (χ2v) is 3.91. The Kier molecular flexibility index (Phi) is 3.09. The van der Waals surface area contributed by atoms with Crippen LogP contribution in [-0.4, -0.2) is 28.5 Å². The van der Waals surface area contributed by atoms with Crippen molar-refractivity contribution >= 4 is 29.0 Å². The number of nitrogens with one attached hydrogen (secondary N) is 2. The normalized spacial score (nSPS) is 20.3. The first kappa shape index (κ1) is 10.9. The first-order valence-corrected chi connectivity index (χ1v) is 5.37. The van der Waals surface area contributed by atoms with Crippen molar-refractivity contribution in [2.75, 3.05) is 17.6 Å². The molecule has 1 aromatic heterocycles. The first-order valence-electron chi connectivity index (χ1n) is 4.99. The summed E-state index contributed by atoms with van der Waals surface area (Å²) < 4.78 is 0. The highest BCUT2D eigenvalue weighted by molar-refractivity contribution is 6.28. The van der Waals surface area contributed by atoms with Crippen LogP contribution in [0.4, 0.5) is 11.5 Å². The van der Waals surface area contributed by atoms with E-state index in [1.54, 1.807) is 0 Å². The van der Waals surface area contributed by atoms with E-state index in [4.69, 9.17) is 17.3 Å². The standard InChI is InChI=1S/C9H12ClN5O/c10-9-13-4-5(11)7(15-9)14-6-2-1-3-12-8(6)16/h4,6H,1-3,11H2,(H,12,16)(H,13,14,15). The summed E-state index contributed by atoms with van der Waals surface area (Å²) >= 11 is 5.65. The van der Waals surface area contributed by atoms with Crippen LogP contribution in [0.5, 0.6) is 0 Å². The maximum absolute atomic E-state index is 11.5. The molecular formula is C9H12ClN5O. The van der Waals surface area contributed by atoms with E-state index in [0.717, 1.165) is 19.4 Å². The van der Waals surface area contributed by atoms with E-state index in [1.807, 2.05) is 0 Å². The number of amides is 1. The second-order valence-electron chi connectivity index (χ2n) is 3.57. The van der Waals surface area contributed by atoms with Gasteiger partial charge in [-0.05, 0) is 24.4 Å². The predicted molar refractivity (Wildman–Crippen MR) is 61.1 cm³/mol. The number of nitrogen functional groups attached to an aromatic ring is 1. The van der Waals surface area contributed by atoms with Crippen molar-refractivity contribution in [1.29, 1.82) is 0 Å². The van der Waals surface area contributed by atoms with Crippen molar-refractivity contribution in [2.24, 2.45) is 0 Å². The van der Waals surface area contributed by atoms with Gasteiger partial charge in [0.25, 0.3) is 0 Å². The number of carbonyl (C=O) groups excluding carboxylic acids is 1. The molecule has 1 aliphatic heterocycles. The molecule has 2 heterocycles. The average molecular weight is 242 g/mol. The third-order valence-corrected chi connectivity index (χ3v) is 2.57. The van der Waals surface area contributed by atoms with Gasteiger partial charge in [-0.2, -0.15) is 4.98 Å². The third-order valence-electron chi connectivity index (χ3n) is 2.38. The quantitative estimate of drug-likeness (QED) is 0.652. The summed E-state index contributed by atoms with van der Waals surface area (Å²) in [5.41, 5.74) is 6.05. The molecule has 7 heteroatoms. The van der Waals surface area contributed by atoms with Gasteiger partial charge >= 0.3 is 0 Å². The van der Waals surface area contributed by atoms with Gasteiger partial charge < -0.3 is 16.4 Å². The smallest absolute Gasteiger partial charge is 0.242 e. The Bertz CT molecular complexity index is 411. The van der Waals surface area contributed by atoms with Gasteiger partial charge in [-0.1, -0.05) is 0 Å². The topological polar surface area (TPSA) is 92.9 Å². The molecule has 1 unspecified atom stereocenters. The monoisotopic (exact) mass is 241 g/mol. The molecule has 0 spiro atoms. The van der Waals surface area contributed by atoms with Crippen molar-refractivity contribution in [2.45, 2.75) is 18.9 Å². The number of piperidine rings is 1. The van der Waals surface area contributed by atoms with Crippen molar-refractivity contribution in [3.8, 4) is 0 Å². The van der Waals surface area contributed by atoms with Crippen LogP contribution in [0, 0.1) is 0 Å². The van der Waals surface area contributed by atoms with Crippen LogP contribution >= 0.6 is 11.6 Å². The van der Waals surface area contributed by atoms with E-state index in [0.29, 0.717) is 11.5 Å². The van der Waals surface area contributed by atoms with Gasteiger partial charge in [-0.25, -0.2) is 4.98 Å². The molecular weight excluding hydrogens is 230 g/mol. The lowest BCUT2D eigenvalue weighted by Gasteiger charge is -2.23. The molecule has 1 saturated heterocycles. The number of nitrogens with two attached hydrogens (primary N) is 1. The van der Waals surface area contributed by atoms with E-state index >= 15 is 0 Å². The Labute approximate surface area is 97.6 Å². The summed E-state index contributed by atoms with van der Waals surface area (Å²) in [7, 11) is 0. The van der Waals surface area contributed by atoms with E-state index in [1.165, 1.54) is 6.20 Å². The number of nitrogens with zero attached hydrogens (tertiary/aromatic N) is 2. The molecule has 0 radical (unpaired) electrons. The average Bonchev–Trinajstić information content (AvgIpc) is 2.27. The summed E-state index contributed by atoms with van der Waals surface area (Å²) in [6, 6.07) is -0.304. The fourth-order valence-electron chi connectivity index (χ4n) is 1.56. The molecule has 4 N–H and O–H groups in total. The van der Waals surface area contributed by atoms with Gasteiger partial charge in [0, 0.05) is 6.54 Å². The molecule has 1 aliphatic rings. The Morgan fingerprint density at radius 2 is 2.44 bits per heavy atom. The van der Waals surface area contributed by atoms with Gasteiger partial charge in [-0.15, -0.1) is 0 Å². The fraction of sp³-hybridized carbons (Fsp3) is 0.444. The summed E-state index contributed by atoms with van der Waals surface area (Å²) in [6.07, 6.45) is 3.10. The molecule has 1 fully saturated rings. The van der Waals surface area contributed by atoms with Gasteiger partial charge in [0.15, 0.2) is 5.82 Å². The Morgan fingerprint density at radius 3 is 3.19 bits per heavy atom. The van der Waals surface area contributed by atoms with Crippen LogP contribution in [0.15, 0.2) is 6.20 Å². The summed E-state index contributed by atoms with van der Waals surface area (Å²) in [5.74, 6) is 0.363. The Hall–Kier alpha value is -1.56. The van der Waals surface area contributed by atoms with Crippen molar-refractivity contribution in [3.63, 3.8) is 0 Å². The minimum atomic E-state index is -0.304. The lowest BCUT2D eigenvalue weighted by molar-refractivity contribution is -0.123. The third kappa shape index (κ3) is 2.33. The number of hydrogen-bond donors (Lipinski definition) is 3. The molecule has 0 aliphatic carbocycles. The Morgan fingerprint density at radius 1 is 1.62 bits per heavy atom. The second kappa shape index (κ2) is 4.52. The summed E-state index contributed by atoms with van der Waals surface area (Å²) in [6.45, 7) is 0.719. The van der Waals surface area contributed by atoms with Crippen LogP contribution < -0.4 is 16.4 Å². The molecule has 0 saturated carbocycles. The van der Waals surface area contributed by atoms with Gasteiger partial charge in [0.2, 0.25) is 11.2 Å². The summed E-state index contributed by atoms with van der Waals surface area (Å²) in [4.78, 5) is 19.2. The molecule has 2 rings (SSSR count). The van der Waals surface area contributed by atoms with Crippen LogP contribution in [0.1, 0.15) is 12.8 Å². The number of anilines is 2. The number of rotatable bonds is 2. The van der Waals surface area contributed by atoms with Gasteiger partial charge in [0.1, 0.15) is 6.04 Å². The van der Waals surface area contributed by atoms with Crippen LogP contribution in [0.25, 0.3) is 0 Å². The zero-order valence-corrected chi connectivity index (χ0v) is 9.29. The van der Waals surface area contributed by atoms with Crippen molar-refractivity contribution in [1.82, 2.24) is 15.3 Å². The molecule has 0 aromatic carbocycles. The molecule has 0 bridgehead atoms. The highest BCUT2D eigenvalue weighted by Crippen LogP contribution is 2.18. The number of carbonyl (C=O) groups is 1. The largest absolute Gasteiger partial charge is 0.394 e. The molecule has 16 heavy (non-hydrogen) atoms. The molecule has 1 atom stereocenters. The van der Waals surface area contributed by atoms with Gasteiger partial charge in [-0.3, -0.25) is 4.79 Å². The lowest BCUT2D eigenvalue weighted by atomic mass is 10.1. The Balaban J connectivity index is 2.13. The molecule has 6 nitrogen and oxygen atoms in total. The van der Waals surface area contributed by atoms with Crippen LogP contribution in [-0.2, 0) is 4.79 Å². The zero-order valence-electron chi connectivity index (χ0n) is 8.53. The maximum Gasteiger partial charge on any atom is 0.242 e. The van der Waals surface area contributed by atoms with Crippen molar-refractivity contribution in [3.05, 3.63) is 11.5 Å². The first-order chi connectivity index (χ1) is 7.66. The minimum absolute atomic E-state index is 0.0413. The molecule has 86 valence electrons. The maximum atomic E-state index is 11.5. The van der Waals surface area contributed by atoms with Crippen molar-refractivity contribution < 1.29 is 4.79 Å². The number of aromatic nitrogens is 2. The van der Waals surface area contributed by atoms with E-state index in [9.17, 15) is 4.79 Å². The summed E-state index contributed by atoms with van der Waals surface area (Å²) in [5, 5.41) is 5.84. The van der Waals surface area contributed by atoms with E-state index < -0.39 is 0 Å². The van der Waals surface area contributed by atoms with Crippen LogP contribution in [0.2, 0.25) is 5.28 Å². The number of halogens is 1. The number of hydrogen-bond acceptors (Lipinski definition) is 5.